The predicted molar refractivity (Wildman–Crippen MR) is 83.8 cm³/mol. The van der Waals surface area contributed by atoms with Gasteiger partial charge in [-0.25, -0.2) is 0 Å². The quantitative estimate of drug-likeness (QED) is 0.845. The van der Waals surface area contributed by atoms with E-state index in [1.54, 1.807) is 13.8 Å². The summed E-state index contributed by atoms with van der Waals surface area (Å²) in [6, 6.07) is 0. The van der Waals surface area contributed by atoms with E-state index in [9.17, 15) is 9.90 Å². The summed E-state index contributed by atoms with van der Waals surface area (Å²) in [6.45, 7) is 6.74. The molecule has 3 heteroatoms. The van der Waals surface area contributed by atoms with Crippen LogP contribution in [0.2, 0.25) is 0 Å². The molecule has 120 valence electrons. The third-order valence-electron chi connectivity index (χ3n) is 6.00. The third-order valence-corrected chi connectivity index (χ3v) is 6.00. The smallest absolute Gasteiger partial charge is 0.223 e. The molecule has 4 fully saturated rings. The van der Waals surface area contributed by atoms with Gasteiger partial charge in [-0.15, -0.1) is 0 Å². The molecule has 1 amide bonds. The number of likely N-dealkylation sites (N-methyl/N-ethyl adjacent to an activating group) is 1. The Morgan fingerprint density at radius 3 is 2.00 bits per heavy atom. The topological polar surface area (TPSA) is 40.5 Å². The zero-order chi connectivity index (χ0) is 15.3. The second kappa shape index (κ2) is 5.26. The van der Waals surface area contributed by atoms with E-state index in [-0.39, 0.29) is 5.91 Å². The summed E-state index contributed by atoms with van der Waals surface area (Å²) in [7, 11) is 0. The van der Waals surface area contributed by atoms with Crippen molar-refractivity contribution in [3.8, 4) is 0 Å². The van der Waals surface area contributed by atoms with Crippen LogP contribution in [0, 0.1) is 23.2 Å². The average molecular weight is 293 g/mol. The van der Waals surface area contributed by atoms with Crippen molar-refractivity contribution in [2.75, 3.05) is 13.1 Å². The lowest BCUT2D eigenvalue weighted by atomic mass is 9.49. The van der Waals surface area contributed by atoms with Crippen molar-refractivity contribution in [2.24, 2.45) is 23.2 Å². The highest BCUT2D eigenvalue weighted by molar-refractivity contribution is 5.77. The van der Waals surface area contributed by atoms with Crippen LogP contribution in [0.5, 0.6) is 0 Å². The van der Waals surface area contributed by atoms with Crippen molar-refractivity contribution in [3.63, 3.8) is 0 Å². The van der Waals surface area contributed by atoms with Crippen molar-refractivity contribution in [3.05, 3.63) is 0 Å². The van der Waals surface area contributed by atoms with E-state index in [2.05, 4.69) is 0 Å². The SMILES string of the molecule is CCN(CC(C)(C)O)C(=O)CC12CC3CC(CC(C3)C1)C2. The maximum atomic E-state index is 12.8. The maximum absolute atomic E-state index is 12.8. The molecule has 0 aromatic carbocycles. The maximum Gasteiger partial charge on any atom is 0.223 e. The molecule has 0 aliphatic heterocycles. The van der Waals surface area contributed by atoms with E-state index < -0.39 is 5.60 Å². The van der Waals surface area contributed by atoms with Gasteiger partial charge < -0.3 is 10.0 Å². The van der Waals surface area contributed by atoms with Gasteiger partial charge in [0.1, 0.15) is 0 Å². The summed E-state index contributed by atoms with van der Waals surface area (Å²) < 4.78 is 0. The lowest BCUT2D eigenvalue weighted by Crippen LogP contribution is -2.49. The average Bonchev–Trinajstić information content (AvgIpc) is 2.32. The van der Waals surface area contributed by atoms with Crippen molar-refractivity contribution in [2.45, 2.75) is 71.3 Å². The van der Waals surface area contributed by atoms with Crippen LogP contribution in [0.25, 0.3) is 0 Å². The number of amides is 1. The molecule has 0 heterocycles. The van der Waals surface area contributed by atoms with Gasteiger partial charge in [-0.1, -0.05) is 0 Å². The lowest BCUT2D eigenvalue weighted by molar-refractivity contribution is -0.142. The third kappa shape index (κ3) is 3.28. The lowest BCUT2D eigenvalue weighted by Gasteiger charge is -2.57. The van der Waals surface area contributed by atoms with Gasteiger partial charge in [-0.05, 0) is 82.5 Å². The van der Waals surface area contributed by atoms with Gasteiger partial charge in [0.2, 0.25) is 5.91 Å². The molecule has 4 rings (SSSR count). The molecule has 0 saturated heterocycles. The van der Waals surface area contributed by atoms with Crippen LogP contribution < -0.4 is 0 Å². The first-order chi connectivity index (χ1) is 9.78. The van der Waals surface area contributed by atoms with Crippen molar-refractivity contribution in [1.82, 2.24) is 4.90 Å². The second-order valence-electron chi connectivity index (χ2n) is 8.81. The van der Waals surface area contributed by atoms with Crippen LogP contribution >= 0.6 is 0 Å². The minimum absolute atomic E-state index is 0.265. The van der Waals surface area contributed by atoms with E-state index >= 15 is 0 Å². The van der Waals surface area contributed by atoms with E-state index in [0.29, 0.717) is 18.5 Å². The Labute approximate surface area is 129 Å². The summed E-state index contributed by atoms with van der Waals surface area (Å²) in [6.07, 6.45) is 8.85. The Balaban J connectivity index is 1.66. The first kappa shape index (κ1) is 15.3. The second-order valence-corrected chi connectivity index (χ2v) is 8.81. The molecule has 0 atom stereocenters. The minimum Gasteiger partial charge on any atom is -0.389 e. The van der Waals surface area contributed by atoms with Crippen LogP contribution in [0.1, 0.15) is 65.7 Å². The monoisotopic (exact) mass is 293 g/mol. The molecule has 0 radical (unpaired) electrons. The summed E-state index contributed by atoms with van der Waals surface area (Å²) >= 11 is 0. The van der Waals surface area contributed by atoms with E-state index in [4.69, 9.17) is 0 Å². The van der Waals surface area contributed by atoms with E-state index in [1.807, 2.05) is 11.8 Å². The summed E-state index contributed by atoms with van der Waals surface area (Å²) in [5.41, 5.74) is -0.494. The molecule has 3 nitrogen and oxygen atoms in total. The molecular weight excluding hydrogens is 262 g/mol. The molecule has 4 aliphatic rings. The van der Waals surface area contributed by atoms with Gasteiger partial charge >= 0.3 is 0 Å². The number of carbonyl (C=O) groups is 1. The highest BCUT2D eigenvalue weighted by Crippen LogP contribution is 2.61. The number of nitrogens with zero attached hydrogens (tertiary/aromatic N) is 1. The van der Waals surface area contributed by atoms with Crippen LogP contribution in [0.4, 0.5) is 0 Å². The van der Waals surface area contributed by atoms with Gasteiger partial charge in [0.15, 0.2) is 0 Å². The van der Waals surface area contributed by atoms with E-state index in [0.717, 1.165) is 24.2 Å². The van der Waals surface area contributed by atoms with Crippen molar-refractivity contribution < 1.29 is 9.90 Å². The molecule has 0 aromatic heterocycles. The molecule has 1 N–H and O–H groups in total. The standard InChI is InChI=1S/C18H31NO2/c1-4-19(12-17(2,3)21)16(20)11-18-8-13-5-14(9-18)7-15(6-13)10-18/h13-15,21H,4-12H2,1-3H3. The summed E-state index contributed by atoms with van der Waals surface area (Å²) in [5.74, 6) is 2.96. The van der Waals surface area contributed by atoms with Gasteiger partial charge in [0.25, 0.3) is 0 Å². The normalized spacial score (nSPS) is 37.8. The van der Waals surface area contributed by atoms with E-state index in [1.165, 1.54) is 38.5 Å². The fourth-order valence-corrected chi connectivity index (χ4v) is 5.78. The van der Waals surface area contributed by atoms with Crippen LogP contribution in [0.15, 0.2) is 0 Å². The first-order valence-electron chi connectivity index (χ1n) is 8.79. The highest BCUT2D eigenvalue weighted by atomic mass is 16.3. The number of carbonyl (C=O) groups excluding carboxylic acids is 1. The zero-order valence-electron chi connectivity index (χ0n) is 13.9. The van der Waals surface area contributed by atoms with Gasteiger partial charge in [0.05, 0.1) is 5.60 Å². The molecule has 4 aliphatic carbocycles. The van der Waals surface area contributed by atoms with Crippen molar-refractivity contribution >= 4 is 5.91 Å². The van der Waals surface area contributed by atoms with Crippen molar-refractivity contribution in [1.29, 1.82) is 0 Å². The minimum atomic E-state index is -0.798. The number of rotatable bonds is 5. The fraction of sp³-hybridized carbons (Fsp3) is 0.944. The van der Waals surface area contributed by atoms with Crippen LogP contribution in [-0.2, 0) is 4.79 Å². The fourth-order valence-electron chi connectivity index (χ4n) is 5.78. The Morgan fingerprint density at radius 2 is 1.62 bits per heavy atom. The zero-order valence-corrected chi connectivity index (χ0v) is 13.9. The Bertz CT molecular complexity index is 375. The van der Waals surface area contributed by atoms with Gasteiger partial charge in [-0.2, -0.15) is 0 Å². The molecule has 4 bridgehead atoms. The van der Waals surface area contributed by atoms with Gasteiger partial charge in [-0.3, -0.25) is 4.79 Å². The Hall–Kier alpha value is -0.570. The summed E-state index contributed by atoms with van der Waals surface area (Å²) in [4.78, 5) is 14.6. The molecule has 4 saturated carbocycles. The first-order valence-corrected chi connectivity index (χ1v) is 8.79. The molecular formula is C18H31NO2. The largest absolute Gasteiger partial charge is 0.389 e. The predicted octanol–water partition coefficient (Wildman–Crippen LogP) is 3.21. The van der Waals surface area contributed by atoms with Gasteiger partial charge in [0, 0.05) is 19.5 Å². The number of hydrogen-bond donors (Lipinski definition) is 1. The highest BCUT2D eigenvalue weighted by Gasteiger charge is 2.51. The number of hydrogen-bond acceptors (Lipinski definition) is 2. The molecule has 0 aromatic rings. The molecule has 0 unspecified atom stereocenters. The molecule has 21 heavy (non-hydrogen) atoms. The number of aliphatic hydroxyl groups is 1. The Morgan fingerprint density at radius 1 is 1.14 bits per heavy atom. The van der Waals surface area contributed by atoms with Crippen LogP contribution in [0.3, 0.4) is 0 Å². The summed E-state index contributed by atoms with van der Waals surface area (Å²) in [5, 5.41) is 10.0. The van der Waals surface area contributed by atoms with Crippen LogP contribution in [-0.4, -0.2) is 34.6 Å². The Kier molecular flexibility index (Phi) is 3.84. The molecule has 0 spiro atoms.